The summed E-state index contributed by atoms with van der Waals surface area (Å²) in [6.45, 7) is 18.4. The largest absolute Gasteiger partial charge is 0.328 e. The molecule has 0 spiro atoms. The molecule has 0 unspecified atom stereocenters. The van der Waals surface area contributed by atoms with E-state index in [0.717, 1.165) is 139 Å². The van der Waals surface area contributed by atoms with Crippen LogP contribution in [0.3, 0.4) is 0 Å². The summed E-state index contributed by atoms with van der Waals surface area (Å²) in [5.41, 5.74) is 12.7. The topological polar surface area (TPSA) is 0 Å². The van der Waals surface area contributed by atoms with Crippen LogP contribution < -0.4 is 0 Å². The van der Waals surface area contributed by atoms with Crippen LogP contribution in [0.2, 0.25) is 0 Å². The zero-order valence-electron chi connectivity index (χ0n) is 87.9. The Morgan fingerprint density at radius 2 is 0.410 bits per heavy atom. The molecule has 144 heavy (non-hydrogen) atoms. The maximum Gasteiger partial charge on any atom is 0.0511 e. The van der Waals surface area contributed by atoms with E-state index in [1.807, 2.05) is 55.5 Å². The number of benzene rings is 10. The van der Waals surface area contributed by atoms with Gasteiger partial charge >= 0.3 is 0 Å². The van der Waals surface area contributed by atoms with Crippen molar-refractivity contribution in [1.82, 2.24) is 0 Å². The SMILES string of the molecule is CC1CCC(C2CCC(c3cc[c-]c(F)c3F)CC2)CC1.CC1CCC(C2CCC(c3cc[c-]cc3)CC2)CC1.CC1CCC(C2CC[CH-]CC2)CC1.CC1CCC(c2cc[c-]c(F)c2F)CC1.CC1CCC(c2cc[c-]cc2)CC1.CC1CCC(c2ccc(-c3cc[c-]c(F)c3F)cc2)CC1.CC1CCC(c2ccc(-c3cc[c-]cc3)cc2)CC1.Cc1ccc(-c2cc[c-]c(F)c2F)cc1.[Y].[Y].[Y].[Y].[Y].[Y].[Y].[Y]. The van der Waals surface area contributed by atoms with Gasteiger partial charge in [-0.2, -0.15) is 163 Å². The quantitative estimate of drug-likeness (QED) is 0.0845. The van der Waals surface area contributed by atoms with E-state index in [1.54, 1.807) is 35.9 Å². The zero-order chi connectivity index (χ0) is 95.7. The van der Waals surface area contributed by atoms with Gasteiger partial charge in [-0.3, -0.25) is 17.6 Å². The Hall–Kier alpha value is 0.471. The van der Waals surface area contributed by atoms with Crippen LogP contribution in [0, 0.1) is 179 Å². The first-order valence-corrected chi connectivity index (χ1v) is 53.4. The van der Waals surface area contributed by atoms with Crippen molar-refractivity contribution >= 4 is 0 Å². The van der Waals surface area contributed by atoms with E-state index < -0.39 is 46.5 Å². The molecule has 0 atom stereocenters. The van der Waals surface area contributed by atoms with E-state index in [0.29, 0.717) is 33.7 Å². The number of aryl methyl sites for hydroxylation is 1. The molecule has 0 aromatic heterocycles. The second kappa shape index (κ2) is 72.5. The summed E-state index contributed by atoms with van der Waals surface area (Å²) in [6, 6.07) is 80.3. The molecule has 10 aromatic carbocycles. The van der Waals surface area contributed by atoms with Crippen molar-refractivity contribution in [2.45, 2.75) is 348 Å². The molecule has 10 saturated carbocycles. The van der Waals surface area contributed by atoms with Crippen LogP contribution in [0.25, 0.3) is 33.4 Å². The van der Waals surface area contributed by atoms with Crippen molar-refractivity contribution in [3.05, 3.63) is 328 Å². The molecule has 10 aliphatic carbocycles. The van der Waals surface area contributed by atoms with Gasteiger partial charge in [-0.05, 0) is 288 Å². The van der Waals surface area contributed by atoms with Crippen LogP contribution in [0.4, 0.5) is 35.1 Å². The molecular weight excluding hydrogens is 2400 g/mol. The van der Waals surface area contributed by atoms with Crippen LogP contribution in [0.1, 0.15) is 380 Å². The first-order valence-electron chi connectivity index (χ1n) is 53.4. The van der Waals surface area contributed by atoms with E-state index in [-0.39, 0.29) is 279 Å². The van der Waals surface area contributed by atoms with E-state index in [1.165, 1.54) is 276 Å². The maximum atomic E-state index is 13.9. The van der Waals surface area contributed by atoms with Crippen LogP contribution in [-0.2, 0) is 262 Å². The first kappa shape index (κ1) is 135. The third-order valence-corrected chi connectivity index (χ3v) is 33.7. The van der Waals surface area contributed by atoms with Crippen molar-refractivity contribution in [1.29, 1.82) is 0 Å². The Bertz CT molecular complexity index is 5050. The van der Waals surface area contributed by atoms with Gasteiger partial charge in [0.05, 0.1) is 11.6 Å². The third-order valence-electron chi connectivity index (χ3n) is 33.7. The fourth-order valence-electron chi connectivity index (χ4n) is 24.3. The fraction of sp³-hybridized carbons (Fsp3) is 0.523. The summed E-state index contributed by atoms with van der Waals surface area (Å²) in [4.78, 5) is 0. The van der Waals surface area contributed by atoms with Gasteiger partial charge in [0, 0.05) is 297 Å². The van der Waals surface area contributed by atoms with Gasteiger partial charge in [0.1, 0.15) is 0 Å². The average Bonchev–Trinajstić information content (AvgIpc) is 0.820. The van der Waals surface area contributed by atoms with E-state index >= 15 is 0 Å². The fourth-order valence-corrected chi connectivity index (χ4v) is 24.3. The van der Waals surface area contributed by atoms with E-state index in [2.05, 4.69) is 182 Å². The molecule has 0 aliphatic heterocycles. The molecule has 0 bridgehead atoms. The van der Waals surface area contributed by atoms with Crippen molar-refractivity contribution in [3.63, 3.8) is 0 Å². The van der Waals surface area contributed by atoms with Crippen molar-refractivity contribution in [2.24, 2.45) is 76.9 Å². The molecule has 0 heterocycles. The molecule has 10 aromatic rings. The Morgan fingerprint density at radius 1 is 0.201 bits per heavy atom. The molecule has 0 amide bonds. The van der Waals surface area contributed by atoms with Gasteiger partial charge in [-0.25, -0.2) is 17.6 Å². The molecule has 0 N–H and O–H groups in total. The molecule has 20 rings (SSSR count). The van der Waals surface area contributed by atoms with E-state index in [9.17, 15) is 35.1 Å². The van der Waals surface area contributed by atoms with Crippen LogP contribution in [-0.4, -0.2) is 0 Å². The monoisotopic (exact) mass is 2560 g/mol. The average molecular weight is 2560 g/mol. The Kier molecular flexibility index (Phi) is 67.9. The number of rotatable bonds is 12. The van der Waals surface area contributed by atoms with Gasteiger partial charge in [0.15, 0.2) is 0 Å². The standard InChI is InChI=1S/C19H25F2.C19H19F2.C19H27.C19H21.C13H15F2.C13H9F2.C13H23.C13H17.8Y/c2*1-13-5-7-14(8-6-13)15-9-11-16(12-10-15)17-3-2-4-18(20)19(17)21;2*1-15-7-9-17(10-8-15)19-13-11-18(12-14-19)16-5-3-2-4-6-16;2*1-9-5-7-10(8-6-9)11-3-2-4-12(14)13(11)15;2*1-11-7-9-13(10-8-11)12-5-3-2-4-6-12;;;;;;;;/h2-3,13-16H,5-12H2,1H3;2-3,9-14H,5-8H2,1H3;3-6,15,17-19H,7-14H2,1H3;3-6,11-15,17H,7-10H2,1H3;2-3,9-10H,5-8H2,1H3;2-3,5-8H,1H3;2,11-13H,3-10H2,1H3;3-6,11,13H,7-10H2,1H3;;;;;;;;/q8*-1;;;;;;;;. The van der Waals surface area contributed by atoms with Crippen LogP contribution >= 0.6 is 0 Å². The summed E-state index contributed by atoms with van der Waals surface area (Å²) < 4.78 is 107. The summed E-state index contributed by atoms with van der Waals surface area (Å²) in [7, 11) is 0. The van der Waals surface area contributed by atoms with Crippen molar-refractivity contribution < 1.29 is 297 Å². The van der Waals surface area contributed by atoms with Crippen LogP contribution in [0.15, 0.2) is 194 Å². The molecule has 756 valence electrons. The summed E-state index contributed by atoms with van der Waals surface area (Å²) in [5.74, 6) is 9.23. The second-order valence-corrected chi connectivity index (χ2v) is 43.5. The predicted molar refractivity (Wildman–Crippen MR) is 548 cm³/mol. The van der Waals surface area contributed by atoms with Gasteiger partial charge in [0.2, 0.25) is 0 Å². The molecule has 0 saturated heterocycles. The summed E-state index contributed by atoms with van der Waals surface area (Å²) in [6.07, 6.45) is 56.3. The Labute approximate surface area is 1070 Å². The molecule has 10 aliphatic rings. The Balaban J connectivity index is 0.000000289. The molecular formula is C128H156F8Y8-8. The van der Waals surface area contributed by atoms with E-state index in [4.69, 9.17) is 0 Å². The number of hydrogen-bond donors (Lipinski definition) is 0. The molecule has 16 heteroatoms. The molecule has 10 fully saturated rings. The normalized spacial score (nSPS) is 25.8. The Morgan fingerprint density at radius 3 is 0.708 bits per heavy atom. The summed E-state index contributed by atoms with van der Waals surface area (Å²) >= 11 is 0. The number of hydrogen-bond acceptors (Lipinski definition) is 0. The first-order chi connectivity index (χ1) is 66.0. The van der Waals surface area contributed by atoms with Crippen LogP contribution in [0.5, 0.6) is 0 Å². The minimum absolute atomic E-state index is 0. The van der Waals surface area contributed by atoms with Gasteiger partial charge in [-0.1, -0.05) is 241 Å². The third kappa shape index (κ3) is 43.3. The zero-order valence-corrected chi connectivity index (χ0v) is 111. The predicted octanol–water partition coefficient (Wildman–Crippen LogP) is 38.4. The maximum absolute atomic E-state index is 13.9. The van der Waals surface area contributed by atoms with Gasteiger partial charge in [0.25, 0.3) is 0 Å². The minimum atomic E-state index is -0.937. The summed E-state index contributed by atoms with van der Waals surface area (Å²) in [5, 5.41) is 0. The van der Waals surface area contributed by atoms with Crippen molar-refractivity contribution in [2.75, 3.05) is 0 Å². The van der Waals surface area contributed by atoms with Gasteiger partial charge < -0.3 is 6.42 Å². The second-order valence-electron chi connectivity index (χ2n) is 43.5. The molecule has 8 radical (unpaired) electrons. The van der Waals surface area contributed by atoms with Crippen molar-refractivity contribution in [3.8, 4) is 33.4 Å². The smallest absolute Gasteiger partial charge is 0.0511 e. The van der Waals surface area contributed by atoms with Gasteiger partial charge in [-0.15, -0.1) is 41.0 Å². The minimum Gasteiger partial charge on any atom is -0.328 e. The number of halogens is 8. The molecule has 0 nitrogen and oxygen atoms in total.